The Labute approximate surface area is 221 Å². The Bertz CT molecular complexity index is 1050. The molecule has 0 aromatic carbocycles. The number of hydrogen-bond donors (Lipinski definition) is 2. The first-order chi connectivity index (χ1) is 17.9. The van der Waals surface area contributed by atoms with E-state index in [2.05, 4.69) is 46.8 Å². The average molecular weight is 511 g/mol. The van der Waals surface area contributed by atoms with Gasteiger partial charge in [-0.05, 0) is 96.3 Å². The van der Waals surface area contributed by atoms with Crippen molar-refractivity contribution in [1.29, 1.82) is 0 Å². The molecule has 2 N–H and O–H groups in total. The zero-order chi connectivity index (χ0) is 25.9. The van der Waals surface area contributed by atoms with Gasteiger partial charge in [0.15, 0.2) is 0 Å². The lowest BCUT2D eigenvalue weighted by molar-refractivity contribution is -0.138. The van der Waals surface area contributed by atoms with E-state index in [0.29, 0.717) is 29.9 Å². The van der Waals surface area contributed by atoms with Gasteiger partial charge in [-0.1, -0.05) is 13.3 Å². The van der Waals surface area contributed by atoms with Gasteiger partial charge in [0.2, 0.25) is 11.9 Å². The van der Waals surface area contributed by atoms with E-state index < -0.39 is 0 Å². The highest BCUT2D eigenvalue weighted by Gasteiger charge is 2.32. The van der Waals surface area contributed by atoms with Crippen LogP contribution in [0, 0.1) is 5.92 Å². The number of carbonyl (C=O) groups is 1. The summed E-state index contributed by atoms with van der Waals surface area (Å²) in [4.78, 5) is 27.4. The maximum Gasteiger partial charge on any atom is 0.225 e. The first-order valence-corrected chi connectivity index (χ1v) is 14.7. The fourth-order valence-electron chi connectivity index (χ4n) is 6.71. The molecule has 2 aromatic heterocycles. The van der Waals surface area contributed by atoms with E-state index in [4.69, 9.17) is 9.97 Å². The Morgan fingerprint density at radius 1 is 1.08 bits per heavy atom. The molecule has 4 heterocycles. The van der Waals surface area contributed by atoms with Gasteiger partial charge in [0.05, 0.1) is 6.10 Å². The summed E-state index contributed by atoms with van der Waals surface area (Å²) in [5.74, 6) is 1.69. The number of aliphatic hydroxyl groups excluding tert-OH is 1. The van der Waals surface area contributed by atoms with Crippen molar-refractivity contribution in [3.8, 4) is 0 Å². The summed E-state index contributed by atoms with van der Waals surface area (Å²) in [7, 11) is 2.15. The molecule has 5 rings (SSSR count). The topological polar surface area (TPSA) is 86.5 Å². The SMILES string of the molecule is CCC[C@H](C)Nc1ncc2c(C3CCN(C(=O)C4CCN(C)CC4)CC3)cn([C@H]3CC[C@H](O)CC3)c2n1. The van der Waals surface area contributed by atoms with Crippen LogP contribution in [-0.4, -0.2) is 80.7 Å². The Kier molecular flexibility index (Phi) is 8.34. The normalized spacial score (nSPS) is 25.5. The molecule has 0 bridgehead atoms. The standard InChI is InChI=1S/C29H46N6O2/c1-4-5-20(2)31-29-30-18-25-26(19-35(27(25)32-29)23-6-8-24(36)9-7-23)21-12-16-34(17-13-21)28(37)22-10-14-33(3)15-11-22/h18-24,36H,4-17H2,1-3H3,(H,30,31,32)/t20-,23-,24-/m0/s1. The molecule has 37 heavy (non-hydrogen) atoms. The number of carbonyl (C=O) groups excluding carboxylic acids is 1. The van der Waals surface area contributed by atoms with Gasteiger partial charge in [0.25, 0.3) is 0 Å². The predicted octanol–water partition coefficient (Wildman–Crippen LogP) is 4.56. The third-order valence-electron chi connectivity index (χ3n) is 9.07. The van der Waals surface area contributed by atoms with Crippen LogP contribution in [-0.2, 0) is 4.79 Å². The van der Waals surface area contributed by atoms with Gasteiger partial charge in [-0.15, -0.1) is 0 Å². The fraction of sp³-hybridized carbons (Fsp3) is 0.759. The van der Waals surface area contributed by atoms with Crippen LogP contribution in [0.15, 0.2) is 12.4 Å². The number of likely N-dealkylation sites (tertiary alicyclic amines) is 2. The lowest BCUT2D eigenvalue weighted by Gasteiger charge is -2.36. The maximum atomic E-state index is 13.2. The van der Waals surface area contributed by atoms with Gasteiger partial charge in [0, 0.05) is 48.9 Å². The number of amides is 1. The van der Waals surface area contributed by atoms with Crippen molar-refractivity contribution in [2.24, 2.45) is 5.92 Å². The minimum absolute atomic E-state index is 0.175. The molecule has 0 unspecified atom stereocenters. The zero-order valence-corrected chi connectivity index (χ0v) is 23.0. The summed E-state index contributed by atoms with van der Waals surface area (Å²) < 4.78 is 2.38. The van der Waals surface area contributed by atoms with Crippen molar-refractivity contribution >= 4 is 22.9 Å². The van der Waals surface area contributed by atoms with Crippen molar-refractivity contribution in [2.45, 2.75) is 102 Å². The van der Waals surface area contributed by atoms with E-state index >= 15 is 0 Å². The Balaban J connectivity index is 1.34. The van der Waals surface area contributed by atoms with E-state index in [0.717, 1.165) is 101 Å². The van der Waals surface area contributed by atoms with Crippen molar-refractivity contribution in [3.63, 3.8) is 0 Å². The second kappa shape index (κ2) is 11.7. The van der Waals surface area contributed by atoms with Crippen molar-refractivity contribution in [1.82, 2.24) is 24.3 Å². The number of aromatic nitrogens is 3. The van der Waals surface area contributed by atoms with Gasteiger partial charge in [-0.2, -0.15) is 4.98 Å². The molecule has 1 amide bonds. The molecule has 8 heteroatoms. The van der Waals surface area contributed by atoms with Crippen molar-refractivity contribution < 1.29 is 9.90 Å². The average Bonchev–Trinajstić information content (AvgIpc) is 3.28. The second-order valence-corrected chi connectivity index (χ2v) is 11.9. The van der Waals surface area contributed by atoms with Gasteiger partial charge in [0.1, 0.15) is 5.65 Å². The van der Waals surface area contributed by atoms with Gasteiger partial charge >= 0.3 is 0 Å². The van der Waals surface area contributed by atoms with Gasteiger partial charge < -0.3 is 24.8 Å². The zero-order valence-electron chi connectivity index (χ0n) is 23.0. The van der Waals surface area contributed by atoms with Crippen LogP contribution in [0.2, 0.25) is 0 Å². The minimum atomic E-state index is -0.175. The first kappa shape index (κ1) is 26.4. The molecule has 1 saturated carbocycles. The molecule has 0 radical (unpaired) electrons. The number of fused-ring (bicyclic) bond motifs is 1. The van der Waals surface area contributed by atoms with Crippen molar-refractivity contribution in [2.75, 3.05) is 38.5 Å². The molecule has 3 fully saturated rings. The number of piperidine rings is 2. The van der Waals surface area contributed by atoms with Crippen LogP contribution in [0.25, 0.3) is 11.0 Å². The summed E-state index contributed by atoms with van der Waals surface area (Å²) in [6, 6.07) is 0.697. The largest absolute Gasteiger partial charge is 0.393 e. The Morgan fingerprint density at radius 2 is 1.78 bits per heavy atom. The van der Waals surface area contributed by atoms with Crippen molar-refractivity contribution in [3.05, 3.63) is 18.0 Å². The number of rotatable bonds is 7. The second-order valence-electron chi connectivity index (χ2n) is 11.9. The van der Waals surface area contributed by atoms with Gasteiger partial charge in [-0.3, -0.25) is 4.79 Å². The summed E-state index contributed by atoms with van der Waals surface area (Å²) in [5.41, 5.74) is 2.35. The highest BCUT2D eigenvalue weighted by atomic mass is 16.3. The minimum Gasteiger partial charge on any atom is -0.393 e. The van der Waals surface area contributed by atoms with E-state index in [1.165, 1.54) is 5.56 Å². The third-order valence-corrected chi connectivity index (χ3v) is 9.07. The summed E-state index contributed by atoms with van der Waals surface area (Å²) in [5, 5.41) is 14.7. The Hall–Kier alpha value is -2.19. The molecule has 2 aliphatic heterocycles. The maximum absolute atomic E-state index is 13.2. The molecule has 2 aromatic rings. The highest BCUT2D eigenvalue weighted by Crippen LogP contribution is 2.38. The van der Waals surface area contributed by atoms with Crippen LogP contribution < -0.4 is 5.32 Å². The first-order valence-electron chi connectivity index (χ1n) is 14.7. The highest BCUT2D eigenvalue weighted by molar-refractivity contribution is 5.82. The number of nitrogens with one attached hydrogen (secondary N) is 1. The molecule has 3 aliphatic rings. The van der Waals surface area contributed by atoms with Crippen LogP contribution in [0.4, 0.5) is 5.95 Å². The molecule has 1 atom stereocenters. The molecule has 8 nitrogen and oxygen atoms in total. The monoisotopic (exact) mass is 510 g/mol. The summed E-state index contributed by atoms with van der Waals surface area (Å²) in [6.45, 7) is 8.12. The quantitative estimate of drug-likeness (QED) is 0.568. The summed E-state index contributed by atoms with van der Waals surface area (Å²) >= 11 is 0. The number of anilines is 1. The molecule has 2 saturated heterocycles. The van der Waals surface area contributed by atoms with E-state index in [-0.39, 0.29) is 12.0 Å². The van der Waals surface area contributed by atoms with E-state index in [1.807, 2.05) is 6.20 Å². The molecular formula is C29H46N6O2. The van der Waals surface area contributed by atoms with E-state index in [1.54, 1.807) is 0 Å². The van der Waals surface area contributed by atoms with Crippen LogP contribution in [0.1, 0.15) is 95.6 Å². The molecule has 1 aliphatic carbocycles. The van der Waals surface area contributed by atoms with Gasteiger partial charge in [-0.25, -0.2) is 4.98 Å². The number of aliphatic hydroxyl groups is 1. The molecule has 0 spiro atoms. The molecule has 204 valence electrons. The Morgan fingerprint density at radius 3 is 2.46 bits per heavy atom. The van der Waals surface area contributed by atoms with Crippen LogP contribution in [0.3, 0.4) is 0 Å². The fourth-order valence-corrected chi connectivity index (χ4v) is 6.71. The van der Waals surface area contributed by atoms with Crippen LogP contribution in [0.5, 0.6) is 0 Å². The lowest BCUT2D eigenvalue weighted by atomic mass is 9.88. The lowest BCUT2D eigenvalue weighted by Crippen LogP contribution is -2.44. The smallest absolute Gasteiger partial charge is 0.225 e. The number of nitrogens with zero attached hydrogens (tertiary/aromatic N) is 5. The van der Waals surface area contributed by atoms with Crippen LogP contribution >= 0.6 is 0 Å². The predicted molar refractivity (Wildman–Crippen MR) is 148 cm³/mol. The molecular weight excluding hydrogens is 464 g/mol. The third kappa shape index (κ3) is 5.95. The summed E-state index contributed by atoms with van der Waals surface area (Å²) in [6.07, 6.45) is 14.0. The number of hydrogen-bond acceptors (Lipinski definition) is 6. The van der Waals surface area contributed by atoms with E-state index in [9.17, 15) is 9.90 Å².